The number of allylic oxidation sites excluding steroid dienone is 2. The Hall–Kier alpha value is -2.35. The van der Waals surface area contributed by atoms with Crippen molar-refractivity contribution in [2.24, 2.45) is 0 Å². The molecule has 0 spiro atoms. The fourth-order valence-corrected chi connectivity index (χ4v) is 0.843. The standard InChI is InChI=1S/C8H8.C6H10O2.C4H6/c1-2-8-6-4-3-5-7-8;1-4-8-6(7)5(2)3;1-3-4-2/h2-7H,1H2;2,4H2,1,3H3;3-4H,1-2H2. The highest BCUT2D eigenvalue weighted by atomic mass is 16.5. The molecule has 0 N–H and O–H groups in total. The van der Waals surface area contributed by atoms with Crippen molar-refractivity contribution in [2.75, 3.05) is 6.61 Å². The number of hydrogen-bond donors (Lipinski definition) is 0. The van der Waals surface area contributed by atoms with E-state index in [0.29, 0.717) is 12.2 Å². The Balaban J connectivity index is 0. The molecule has 20 heavy (non-hydrogen) atoms. The highest BCUT2D eigenvalue weighted by Gasteiger charge is 1.98. The van der Waals surface area contributed by atoms with Crippen LogP contribution in [0, 0.1) is 0 Å². The molecule has 2 heteroatoms. The van der Waals surface area contributed by atoms with E-state index in [9.17, 15) is 4.79 Å². The van der Waals surface area contributed by atoms with Crippen LogP contribution >= 0.6 is 0 Å². The van der Waals surface area contributed by atoms with Crippen molar-refractivity contribution in [1.82, 2.24) is 0 Å². The Morgan fingerprint density at radius 1 is 1.15 bits per heavy atom. The van der Waals surface area contributed by atoms with Crippen molar-refractivity contribution in [3.63, 3.8) is 0 Å². The quantitative estimate of drug-likeness (QED) is 0.446. The first-order valence-electron chi connectivity index (χ1n) is 6.27. The number of carbonyl (C=O) groups excluding carboxylic acids is 1. The van der Waals surface area contributed by atoms with Crippen LogP contribution in [0.5, 0.6) is 0 Å². The average Bonchev–Trinajstić information content (AvgIpc) is 2.49. The molecule has 0 aliphatic carbocycles. The van der Waals surface area contributed by atoms with Crippen LogP contribution in [0.15, 0.2) is 74.4 Å². The van der Waals surface area contributed by atoms with E-state index >= 15 is 0 Å². The average molecular weight is 272 g/mol. The van der Waals surface area contributed by atoms with Gasteiger partial charge in [0.25, 0.3) is 0 Å². The third kappa shape index (κ3) is 13.7. The molecule has 0 fully saturated rings. The fourth-order valence-electron chi connectivity index (χ4n) is 0.843. The second-order valence-corrected chi connectivity index (χ2v) is 3.59. The lowest BCUT2D eigenvalue weighted by Crippen LogP contribution is -2.03. The zero-order valence-electron chi connectivity index (χ0n) is 12.5. The number of esters is 1. The molecule has 0 unspecified atom stereocenters. The van der Waals surface area contributed by atoms with Crippen molar-refractivity contribution in [2.45, 2.75) is 13.8 Å². The molecule has 1 aromatic carbocycles. The molecule has 0 aliphatic heterocycles. The van der Waals surface area contributed by atoms with Gasteiger partial charge in [0.15, 0.2) is 0 Å². The normalized spacial score (nSPS) is 7.70. The van der Waals surface area contributed by atoms with Gasteiger partial charge in [0.05, 0.1) is 6.61 Å². The van der Waals surface area contributed by atoms with Crippen molar-refractivity contribution in [1.29, 1.82) is 0 Å². The van der Waals surface area contributed by atoms with Crippen molar-refractivity contribution < 1.29 is 9.53 Å². The van der Waals surface area contributed by atoms with E-state index in [1.165, 1.54) is 5.56 Å². The Morgan fingerprint density at radius 3 is 1.85 bits per heavy atom. The van der Waals surface area contributed by atoms with Gasteiger partial charge >= 0.3 is 5.97 Å². The van der Waals surface area contributed by atoms with Gasteiger partial charge in [-0.25, -0.2) is 4.79 Å². The minimum Gasteiger partial charge on any atom is -0.463 e. The molecule has 108 valence electrons. The third-order valence-corrected chi connectivity index (χ3v) is 1.83. The molecule has 0 saturated heterocycles. The lowest BCUT2D eigenvalue weighted by molar-refractivity contribution is -0.138. The predicted octanol–water partition coefficient (Wildman–Crippen LogP) is 4.81. The Labute approximate surface area is 122 Å². The second-order valence-electron chi connectivity index (χ2n) is 3.59. The largest absolute Gasteiger partial charge is 0.463 e. The highest BCUT2D eigenvalue weighted by Crippen LogP contribution is 1.97. The minimum absolute atomic E-state index is 0.312. The molecule has 0 heterocycles. The Bertz CT molecular complexity index is 410. The van der Waals surface area contributed by atoms with E-state index < -0.39 is 0 Å². The summed E-state index contributed by atoms with van der Waals surface area (Å²) >= 11 is 0. The summed E-state index contributed by atoms with van der Waals surface area (Å²) in [5, 5.41) is 0. The van der Waals surface area contributed by atoms with Crippen LogP contribution in [0.2, 0.25) is 0 Å². The molecule has 0 saturated carbocycles. The van der Waals surface area contributed by atoms with E-state index in [4.69, 9.17) is 0 Å². The summed E-state index contributed by atoms with van der Waals surface area (Å²) < 4.78 is 4.56. The zero-order valence-corrected chi connectivity index (χ0v) is 12.5. The first-order valence-corrected chi connectivity index (χ1v) is 6.27. The topological polar surface area (TPSA) is 26.3 Å². The molecule has 0 bridgehead atoms. The summed E-state index contributed by atoms with van der Waals surface area (Å²) in [7, 11) is 0. The van der Waals surface area contributed by atoms with Crippen molar-refractivity contribution in [3.05, 3.63) is 79.9 Å². The van der Waals surface area contributed by atoms with Gasteiger partial charge in [0.1, 0.15) is 0 Å². The molecule has 1 rings (SSSR count). The number of carbonyl (C=O) groups is 1. The van der Waals surface area contributed by atoms with E-state index in [1.54, 1.807) is 26.0 Å². The lowest BCUT2D eigenvalue weighted by atomic mass is 10.2. The second kappa shape index (κ2) is 14.7. The molecule has 0 amide bonds. The first kappa shape index (κ1) is 20.0. The maximum atomic E-state index is 10.4. The molecular formula is C18H24O2. The van der Waals surface area contributed by atoms with Crippen LogP contribution in [0.4, 0.5) is 0 Å². The Morgan fingerprint density at radius 2 is 1.65 bits per heavy atom. The summed E-state index contributed by atoms with van der Waals surface area (Å²) in [5.74, 6) is -0.312. The molecule has 2 nitrogen and oxygen atoms in total. The van der Waals surface area contributed by atoms with Crippen LogP contribution in [0.3, 0.4) is 0 Å². The van der Waals surface area contributed by atoms with Crippen LogP contribution in [-0.2, 0) is 9.53 Å². The minimum atomic E-state index is -0.312. The van der Waals surface area contributed by atoms with E-state index in [2.05, 4.69) is 31.1 Å². The first-order chi connectivity index (χ1) is 9.53. The lowest BCUT2D eigenvalue weighted by Gasteiger charge is -1.96. The van der Waals surface area contributed by atoms with E-state index in [-0.39, 0.29) is 5.97 Å². The summed E-state index contributed by atoms with van der Waals surface area (Å²) in [6.45, 7) is 17.6. The van der Waals surface area contributed by atoms with Crippen LogP contribution in [0.25, 0.3) is 6.08 Å². The van der Waals surface area contributed by atoms with Crippen LogP contribution < -0.4 is 0 Å². The van der Waals surface area contributed by atoms with Gasteiger partial charge in [-0.3, -0.25) is 0 Å². The smallest absolute Gasteiger partial charge is 0.333 e. The van der Waals surface area contributed by atoms with Gasteiger partial charge in [-0.2, -0.15) is 0 Å². The summed E-state index contributed by atoms with van der Waals surface area (Å²) in [6.07, 6.45) is 5.11. The van der Waals surface area contributed by atoms with Crippen LogP contribution in [0.1, 0.15) is 19.4 Å². The highest BCUT2D eigenvalue weighted by molar-refractivity contribution is 5.86. The van der Waals surface area contributed by atoms with Gasteiger partial charge in [0.2, 0.25) is 0 Å². The molecule has 0 aromatic heterocycles. The maximum Gasteiger partial charge on any atom is 0.333 e. The summed E-state index contributed by atoms with van der Waals surface area (Å²) in [4.78, 5) is 10.4. The van der Waals surface area contributed by atoms with E-state index in [0.717, 1.165) is 0 Å². The van der Waals surface area contributed by atoms with Gasteiger partial charge < -0.3 is 4.74 Å². The number of benzene rings is 1. The molecule has 0 radical (unpaired) electrons. The van der Waals surface area contributed by atoms with Crippen molar-refractivity contribution >= 4 is 12.0 Å². The molecule has 1 aromatic rings. The van der Waals surface area contributed by atoms with Gasteiger partial charge in [-0.05, 0) is 19.4 Å². The van der Waals surface area contributed by atoms with Gasteiger partial charge in [-0.15, -0.1) is 0 Å². The van der Waals surface area contributed by atoms with Gasteiger partial charge in [-0.1, -0.05) is 74.9 Å². The maximum absolute atomic E-state index is 10.4. The van der Waals surface area contributed by atoms with Gasteiger partial charge in [0, 0.05) is 5.57 Å². The van der Waals surface area contributed by atoms with Crippen molar-refractivity contribution in [3.8, 4) is 0 Å². The predicted molar refractivity (Wildman–Crippen MR) is 88.4 cm³/mol. The summed E-state index contributed by atoms with van der Waals surface area (Å²) in [5.41, 5.74) is 1.62. The Kier molecular flexibility index (Phi) is 14.7. The third-order valence-electron chi connectivity index (χ3n) is 1.83. The summed E-state index contributed by atoms with van der Waals surface area (Å²) in [6, 6.07) is 10.0. The zero-order chi connectivity index (χ0) is 15.8. The molecule has 0 atom stereocenters. The number of hydrogen-bond acceptors (Lipinski definition) is 2. The molecular weight excluding hydrogens is 248 g/mol. The fraction of sp³-hybridized carbons (Fsp3) is 0.167. The monoisotopic (exact) mass is 272 g/mol. The number of rotatable bonds is 4. The molecule has 0 aliphatic rings. The number of ether oxygens (including phenoxy) is 1. The van der Waals surface area contributed by atoms with E-state index in [1.807, 2.05) is 36.4 Å². The SMILES string of the molecule is C=C(C)C(=O)OCC.C=CC=C.C=Cc1ccccc1. The van der Waals surface area contributed by atoms with Crippen LogP contribution in [-0.4, -0.2) is 12.6 Å².